The number of benzene rings is 2. The van der Waals surface area contributed by atoms with Gasteiger partial charge in [0.1, 0.15) is 0 Å². The maximum absolute atomic E-state index is 12.2. The molecule has 1 aromatic heterocycles. The van der Waals surface area contributed by atoms with Gasteiger partial charge in [-0.1, -0.05) is 48.5 Å². The molecule has 1 N–H and O–H groups in total. The Hall–Kier alpha value is -2.95. The molecule has 1 heterocycles. The molecule has 0 saturated heterocycles. The van der Waals surface area contributed by atoms with E-state index in [1.54, 1.807) is 0 Å². The molecule has 1 amide bonds. The molecule has 110 valence electrons. The molecule has 0 aliphatic carbocycles. The quantitative estimate of drug-likeness (QED) is 0.804. The van der Waals surface area contributed by atoms with Gasteiger partial charge in [0.05, 0.1) is 17.9 Å². The zero-order valence-electron chi connectivity index (χ0n) is 12.2. The normalized spacial score (nSPS) is 11.9. The molecular formula is C17H16N4O. The third-order valence-corrected chi connectivity index (χ3v) is 3.36. The van der Waals surface area contributed by atoms with Crippen molar-refractivity contribution >= 4 is 5.91 Å². The summed E-state index contributed by atoms with van der Waals surface area (Å²) in [5.74, 6) is -0.237. The maximum atomic E-state index is 12.2. The van der Waals surface area contributed by atoms with Crippen molar-refractivity contribution in [2.24, 2.45) is 0 Å². The lowest BCUT2D eigenvalue weighted by atomic mass is 10.1. The second-order valence-electron chi connectivity index (χ2n) is 4.96. The van der Waals surface area contributed by atoms with E-state index in [-0.39, 0.29) is 11.9 Å². The molecule has 1 unspecified atom stereocenters. The van der Waals surface area contributed by atoms with E-state index in [9.17, 15) is 4.79 Å². The molecule has 22 heavy (non-hydrogen) atoms. The summed E-state index contributed by atoms with van der Waals surface area (Å²) in [7, 11) is 0. The third kappa shape index (κ3) is 3.03. The Kier molecular flexibility index (Phi) is 3.96. The molecular weight excluding hydrogens is 276 g/mol. The number of carbonyl (C=O) groups excluding carboxylic acids is 1. The van der Waals surface area contributed by atoms with Gasteiger partial charge in [-0.2, -0.15) is 9.90 Å². The zero-order chi connectivity index (χ0) is 15.4. The van der Waals surface area contributed by atoms with E-state index in [1.165, 1.54) is 11.0 Å². The van der Waals surface area contributed by atoms with Crippen LogP contribution < -0.4 is 5.32 Å². The van der Waals surface area contributed by atoms with Gasteiger partial charge in [-0.25, -0.2) is 0 Å². The molecule has 2 aromatic carbocycles. The van der Waals surface area contributed by atoms with Crippen LogP contribution in [0.5, 0.6) is 0 Å². The number of hydrogen-bond acceptors (Lipinski definition) is 3. The van der Waals surface area contributed by atoms with Crippen LogP contribution in [0.2, 0.25) is 0 Å². The highest BCUT2D eigenvalue weighted by molar-refractivity contribution is 5.92. The standard InChI is InChI=1S/C17H16N4O/c1-13(14-8-4-2-5-9-14)19-17(22)16-12-18-21(20-16)15-10-6-3-7-11-15/h2-13H,1H3,(H,19,22). The Bertz CT molecular complexity index is 753. The summed E-state index contributed by atoms with van der Waals surface area (Å²) in [6.07, 6.45) is 1.47. The van der Waals surface area contributed by atoms with Crippen LogP contribution in [-0.4, -0.2) is 20.9 Å². The van der Waals surface area contributed by atoms with Crippen LogP contribution in [0.15, 0.2) is 66.9 Å². The van der Waals surface area contributed by atoms with Gasteiger partial charge in [0.2, 0.25) is 0 Å². The van der Waals surface area contributed by atoms with Crippen LogP contribution in [0.3, 0.4) is 0 Å². The lowest BCUT2D eigenvalue weighted by molar-refractivity contribution is 0.0934. The van der Waals surface area contributed by atoms with E-state index in [0.717, 1.165) is 11.3 Å². The molecule has 0 bridgehead atoms. The summed E-state index contributed by atoms with van der Waals surface area (Å²) in [6, 6.07) is 19.2. The van der Waals surface area contributed by atoms with Gasteiger partial charge in [-0.15, -0.1) is 5.10 Å². The van der Waals surface area contributed by atoms with E-state index in [0.29, 0.717) is 5.69 Å². The Morgan fingerprint density at radius 3 is 2.36 bits per heavy atom. The monoisotopic (exact) mass is 292 g/mol. The first-order valence-electron chi connectivity index (χ1n) is 7.07. The predicted molar refractivity (Wildman–Crippen MR) is 83.7 cm³/mol. The highest BCUT2D eigenvalue weighted by Crippen LogP contribution is 2.12. The van der Waals surface area contributed by atoms with Crippen LogP contribution in [0.4, 0.5) is 0 Å². The van der Waals surface area contributed by atoms with Gasteiger partial charge >= 0.3 is 0 Å². The van der Waals surface area contributed by atoms with E-state index >= 15 is 0 Å². The van der Waals surface area contributed by atoms with Gasteiger partial charge < -0.3 is 5.32 Å². The zero-order valence-corrected chi connectivity index (χ0v) is 12.2. The fourth-order valence-electron chi connectivity index (χ4n) is 2.15. The first kappa shape index (κ1) is 14.0. The van der Waals surface area contributed by atoms with Crippen molar-refractivity contribution < 1.29 is 4.79 Å². The van der Waals surface area contributed by atoms with Crippen molar-refractivity contribution in [2.45, 2.75) is 13.0 Å². The van der Waals surface area contributed by atoms with Gasteiger partial charge in [-0.05, 0) is 24.6 Å². The van der Waals surface area contributed by atoms with Crippen molar-refractivity contribution in [3.8, 4) is 5.69 Å². The summed E-state index contributed by atoms with van der Waals surface area (Å²) in [5, 5.41) is 11.3. The number of para-hydroxylation sites is 1. The molecule has 0 radical (unpaired) electrons. The van der Waals surface area contributed by atoms with Gasteiger partial charge in [0.25, 0.3) is 5.91 Å². The molecule has 5 nitrogen and oxygen atoms in total. The number of amides is 1. The molecule has 5 heteroatoms. The molecule has 1 atom stereocenters. The predicted octanol–water partition coefficient (Wildman–Crippen LogP) is 2.76. The molecule has 0 aliphatic heterocycles. The first-order chi connectivity index (χ1) is 10.7. The Morgan fingerprint density at radius 2 is 1.68 bits per heavy atom. The number of hydrogen-bond donors (Lipinski definition) is 1. The van der Waals surface area contributed by atoms with Crippen LogP contribution in [-0.2, 0) is 0 Å². The van der Waals surface area contributed by atoms with Gasteiger partial charge in [-0.3, -0.25) is 4.79 Å². The summed E-state index contributed by atoms with van der Waals surface area (Å²) in [6.45, 7) is 1.94. The number of carbonyl (C=O) groups is 1. The minimum atomic E-state index is -0.237. The van der Waals surface area contributed by atoms with Crippen LogP contribution in [0, 0.1) is 0 Å². The second-order valence-corrected chi connectivity index (χ2v) is 4.96. The molecule has 0 spiro atoms. The fraction of sp³-hybridized carbons (Fsp3) is 0.118. The average Bonchev–Trinajstić information content (AvgIpc) is 3.06. The molecule has 0 fully saturated rings. The van der Waals surface area contributed by atoms with E-state index < -0.39 is 0 Å². The number of rotatable bonds is 4. The van der Waals surface area contributed by atoms with Crippen molar-refractivity contribution in [1.29, 1.82) is 0 Å². The van der Waals surface area contributed by atoms with Crippen LogP contribution in [0.1, 0.15) is 29.0 Å². The molecule has 3 aromatic rings. The number of nitrogens with zero attached hydrogens (tertiary/aromatic N) is 3. The largest absolute Gasteiger partial charge is 0.344 e. The number of nitrogens with one attached hydrogen (secondary N) is 1. The summed E-state index contributed by atoms with van der Waals surface area (Å²) >= 11 is 0. The summed E-state index contributed by atoms with van der Waals surface area (Å²) in [4.78, 5) is 13.7. The first-order valence-corrected chi connectivity index (χ1v) is 7.07. The Labute approximate surface area is 128 Å². The van der Waals surface area contributed by atoms with E-state index in [4.69, 9.17) is 0 Å². The molecule has 0 saturated carbocycles. The highest BCUT2D eigenvalue weighted by atomic mass is 16.2. The van der Waals surface area contributed by atoms with Gasteiger partial charge in [0.15, 0.2) is 5.69 Å². The molecule has 3 rings (SSSR count). The third-order valence-electron chi connectivity index (χ3n) is 3.36. The minimum absolute atomic E-state index is 0.0874. The van der Waals surface area contributed by atoms with E-state index in [2.05, 4.69) is 15.5 Å². The van der Waals surface area contributed by atoms with Crippen molar-refractivity contribution in [2.75, 3.05) is 0 Å². The second kappa shape index (κ2) is 6.22. The highest BCUT2D eigenvalue weighted by Gasteiger charge is 2.14. The topological polar surface area (TPSA) is 59.8 Å². The fourth-order valence-corrected chi connectivity index (χ4v) is 2.15. The smallest absolute Gasteiger partial charge is 0.273 e. The lowest BCUT2D eigenvalue weighted by Gasteiger charge is -2.12. The van der Waals surface area contributed by atoms with Crippen molar-refractivity contribution in [1.82, 2.24) is 20.3 Å². The van der Waals surface area contributed by atoms with Crippen molar-refractivity contribution in [3.63, 3.8) is 0 Å². The number of aromatic nitrogens is 3. The lowest BCUT2D eigenvalue weighted by Crippen LogP contribution is -2.27. The SMILES string of the molecule is CC(NC(=O)c1cnn(-c2ccccc2)n1)c1ccccc1. The van der Waals surface area contributed by atoms with E-state index in [1.807, 2.05) is 67.6 Å². The van der Waals surface area contributed by atoms with Crippen molar-refractivity contribution in [3.05, 3.63) is 78.1 Å². The Balaban J connectivity index is 1.72. The average molecular weight is 292 g/mol. The summed E-state index contributed by atoms with van der Waals surface area (Å²) < 4.78 is 0. The molecule has 0 aliphatic rings. The Morgan fingerprint density at radius 1 is 1.05 bits per heavy atom. The van der Waals surface area contributed by atoms with Gasteiger partial charge in [0, 0.05) is 0 Å². The van der Waals surface area contributed by atoms with Crippen LogP contribution >= 0.6 is 0 Å². The van der Waals surface area contributed by atoms with Crippen LogP contribution in [0.25, 0.3) is 5.69 Å². The minimum Gasteiger partial charge on any atom is -0.344 e. The maximum Gasteiger partial charge on any atom is 0.273 e. The summed E-state index contributed by atoms with van der Waals surface area (Å²) in [5.41, 5.74) is 2.16.